The third-order valence-corrected chi connectivity index (χ3v) is 3.40. The van der Waals surface area contributed by atoms with Crippen LogP contribution in [0.4, 0.5) is 0 Å². The second-order valence-electron chi connectivity index (χ2n) is 4.43. The van der Waals surface area contributed by atoms with E-state index in [0.717, 1.165) is 0 Å². The summed E-state index contributed by atoms with van der Waals surface area (Å²) in [7, 11) is -3.75. The molecule has 0 saturated heterocycles. The zero-order valence-electron chi connectivity index (χ0n) is 11.4. The molecule has 0 saturated carbocycles. The lowest BCUT2D eigenvalue weighted by molar-refractivity contribution is -0.139. The lowest BCUT2D eigenvalue weighted by atomic mass is 10.2. The highest BCUT2D eigenvalue weighted by molar-refractivity contribution is 7.89. The SMILES string of the molecule is CC(O)CNC(=O)C(=O)NCc1ccc(S(N)(=O)=O)cc1. The lowest BCUT2D eigenvalue weighted by Gasteiger charge is -2.08. The molecule has 0 fully saturated rings. The Morgan fingerprint density at radius 3 is 2.19 bits per heavy atom. The van der Waals surface area contributed by atoms with E-state index in [1.807, 2.05) is 0 Å². The van der Waals surface area contributed by atoms with Gasteiger partial charge >= 0.3 is 11.8 Å². The Labute approximate surface area is 122 Å². The van der Waals surface area contributed by atoms with Crippen LogP contribution in [0, 0.1) is 0 Å². The monoisotopic (exact) mass is 315 g/mol. The van der Waals surface area contributed by atoms with Gasteiger partial charge in [0.05, 0.1) is 11.0 Å². The maximum absolute atomic E-state index is 11.4. The van der Waals surface area contributed by atoms with Gasteiger partial charge in [-0.05, 0) is 24.6 Å². The van der Waals surface area contributed by atoms with Gasteiger partial charge in [-0.2, -0.15) is 0 Å². The van der Waals surface area contributed by atoms with E-state index in [1.54, 1.807) is 0 Å². The minimum Gasteiger partial charge on any atom is -0.392 e. The number of sulfonamides is 1. The molecule has 1 unspecified atom stereocenters. The summed E-state index contributed by atoms with van der Waals surface area (Å²) < 4.78 is 22.1. The molecule has 8 nitrogen and oxygen atoms in total. The first-order chi connectivity index (χ1) is 9.70. The maximum atomic E-state index is 11.4. The number of carbonyl (C=O) groups is 2. The van der Waals surface area contributed by atoms with Gasteiger partial charge in [0.25, 0.3) is 0 Å². The van der Waals surface area contributed by atoms with E-state index < -0.39 is 27.9 Å². The van der Waals surface area contributed by atoms with E-state index in [1.165, 1.54) is 31.2 Å². The maximum Gasteiger partial charge on any atom is 0.309 e. The Morgan fingerprint density at radius 2 is 1.71 bits per heavy atom. The molecule has 1 rings (SSSR count). The Kier molecular flexibility index (Phi) is 5.82. The van der Waals surface area contributed by atoms with Crippen LogP contribution in [0.15, 0.2) is 29.2 Å². The van der Waals surface area contributed by atoms with Gasteiger partial charge in [0.2, 0.25) is 10.0 Å². The van der Waals surface area contributed by atoms with Crippen molar-refractivity contribution in [1.29, 1.82) is 0 Å². The van der Waals surface area contributed by atoms with E-state index >= 15 is 0 Å². The van der Waals surface area contributed by atoms with Gasteiger partial charge in [0, 0.05) is 13.1 Å². The molecular weight excluding hydrogens is 298 g/mol. The summed E-state index contributed by atoms with van der Waals surface area (Å²) in [6.07, 6.45) is -0.743. The molecular formula is C12H17N3O5S. The highest BCUT2D eigenvalue weighted by atomic mass is 32.2. The minimum absolute atomic E-state index is 0.0185. The van der Waals surface area contributed by atoms with Crippen LogP contribution in [0.1, 0.15) is 12.5 Å². The van der Waals surface area contributed by atoms with Crippen molar-refractivity contribution in [2.75, 3.05) is 6.54 Å². The number of aliphatic hydroxyl groups excluding tert-OH is 1. The number of primary sulfonamides is 1. The predicted octanol–water partition coefficient (Wildman–Crippen LogP) is -1.55. The molecule has 0 radical (unpaired) electrons. The van der Waals surface area contributed by atoms with Crippen LogP contribution in [0.5, 0.6) is 0 Å². The first-order valence-electron chi connectivity index (χ1n) is 6.06. The van der Waals surface area contributed by atoms with Crippen molar-refractivity contribution in [3.63, 3.8) is 0 Å². The van der Waals surface area contributed by atoms with Crippen molar-refractivity contribution < 1.29 is 23.1 Å². The molecule has 116 valence electrons. The average Bonchev–Trinajstić information content (AvgIpc) is 2.41. The normalized spacial score (nSPS) is 12.5. The topological polar surface area (TPSA) is 139 Å². The van der Waals surface area contributed by atoms with Gasteiger partial charge in [-0.1, -0.05) is 12.1 Å². The molecule has 21 heavy (non-hydrogen) atoms. The van der Waals surface area contributed by atoms with Gasteiger partial charge in [-0.3, -0.25) is 9.59 Å². The Morgan fingerprint density at radius 1 is 1.19 bits per heavy atom. The molecule has 1 aromatic carbocycles. The fourth-order valence-corrected chi connectivity index (χ4v) is 1.90. The molecule has 5 N–H and O–H groups in total. The standard InChI is InChI=1S/C12H17N3O5S/c1-8(16)6-14-11(17)12(18)15-7-9-2-4-10(5-3-9)21(13,19)20/h2-5,8,16H,6-7H2,1H3,(H,14,17)(H,15,18)(H2,13,19,20). The van der Waals surface area contributed by atoms with Crippen molar-refractivity contribution >= 4 is 21.8 Å². The number of nitrogens with two attached hydrogens (primary N) is 1. The van der Waals surface area contributed by atoms with E-state index in [9.17, 15) is 18.0 Å². The number of aliphatic hydroxyl groups is 1. The summed E-state index contributed by atoms with van der Waals surface area (Å²) in [6, 6.07) is 5.58. The fraction of sp³-hybridized carbons (Fsp3) is 0.333. The summed E-state index contributed by atoms with van der Waals surface area (Å²) in [5.41, 5.74) is 0.610. The third kappa shape index (κ3) is 5.90. The smallest absolute Gasteiger partial charge is 0.309 e. The van der Waals surface area contributed by atoms with Gasteiger partial charge in [0.1, 0.15) is 0 Å². The average molecular weight is 315 g/mol. The zero-order chi connectivity index (χ0) is 16.0. The number of benzene rings is 1. The van der Waals surface area contributed by atoms with Crippen LogP contribution in [-0.2, 0) is 26.2 Å². The third-order valence-electron chi connectivity index (χ3n) is 2.47. The van der Waals surface area contributed by atoms with E-state index in [0.29, 0.717) is 5.56 Å². The van der Waals surface area contributed by atoms with Crippen LogP contribution in [0.3, 0.4) is 0 Å². The Hall–Kier alpha value is -1.97. The van der Waals surface area contributed by atoms with Crippen molar-refractivity contribution in [1.82, 2.24) is 10.6 Å². The molecule has 0 aromatic heterocycles. The predicted molar refractivity (Wildman–Crippen MR) is 74.4 cm³/mol. The first kappa shape index (κ1) is 17.1. The van der Waals surface area contributed by atoms with Crippen molar-refractivity contribution in [2.45, 2.75) is 24.5 Å². The summed E-state index contributed by atoms with van der Waals surface area (Å²) in [6.45, 7) is 1.52. The molecule has 1 atom stereocenters. The lowest BCUT2D eigenvalue weighted by Crippen LogP contribution is -2.42. The quantitative estimate of drug-likeness (QED) is 0.487. The van der Waals surface area contributed by atoms with Gasteiger partial charge < -0.3 is 15.7 Å². The second-order valence-corrected chi connectivity index (χ2v) is 5.99. The summed E-state index contributed by atoms with van der Waals surface area (Å²) in [5, 5.41) is 18.6. The van der Waals surface area contributed by atoms with Crippen LogP contribution >= 0.6 is 0 Å². The Balaban J connectivity index is 2.52. The molecule has 0 aliphatic carbocycles. The highest BCUT2D eigenvalue weighted by Crippen LogP contribution is 2.08. The molecule has 2 amide bonds. The molecule has 1 aromatic rings. The summed E-state index contributed by atoms with van der Waals surface area (Å²) in [5.74, 6) is -1.69. The fourth-order valence-electron chi connectivity index (χ4n) is 1.38. The number of carbonyl (C=O) groups excluding carboxylic acids is 2. The second kappa shape index (κ2) is 7.16. The molecule has 0 aliphatic rings. The number of amides is 2. The van der Waals surface area contributed by atoms with Crippen LogP contribution in [0.25, 0.3) is 0 Å². The van der Waals surface area contributed by atoms with E-state index in [4.69, 9.17) is 10.2 Å². The van der Waals surface area contributed by atoms with Crippen molar-refractivity contribution in [3.05, 3.63) is 29.8 Å². The van der Waals surface area contributed by atoms with Gasteiger partial charge in [-0.25, -0.2) is 13.6 Å². The van der Waals surface area contributed by atoms with Crippen molar-refractivity contribution in [3.8, 4) is 0 Å². The van der Waals surface area contributed by atoms with E-state index in [2.05, 4.69) is 10.6 Å². The molecule has 0 spiro atoms. The van der Waals surface area contributed by atoms with Crippen LogP contribution < -0.4 is 15.8 Å². The van der Waals surface area contributed by atoms with Gasteiger partial charge in [0.15, 0.2) is 0 Å². The van der Waals surface area contributed by atoms with Crippen LogP contribution in [-0.4, -0.2) is 38.0 Å². The number of nitrogens with one attached hydrogen (secondary N) is 2. The summed E-state index contributed by atoms with van der Waals surface area (Å²) >= 11 is 0. The molecule has 0 bridgehead atoms. The number of hydrogen-bond acceptors (Lipinski definition) is 5. The number of hydrogen-bond donors (Lipinski definition) is 4. The number of rotatable bonds is 5. The minimum atomic E-state index is -3.75. The molecule has 0 aliphatic heterocycles. The van der Waals surface area contributed by atoms with Crippen LogP contribution in [0.2, 0.25) is 0 Å². The molecule has 9 heteroatoms. The first-order valence-corrected chi connectivity index (χ1v) is 7.60. The largest absolute Gasteiger partial charge is 0.392 e. The van der Waals surface area contributed by atoms with Crippen molar-refractivity contribution in [2.24, 2.45) is 5.14 Å². The van der Waals surface area contributed by atoms with E-state index in [-0.39, 0.29) is 18.0 Å². The Bertz CT molecular complexity index is 610. The highest BCUT2D eigenvalue weighted by Gasteiger charge is 2.13. The van der Waals surface area contributed by atoms with Gasteiger partial charge in [-0.15, -0.1) is 0 Å². The molecule has 0 heterocycles. The summed E-state index contributed by atoms with van der Waals surface area (Å²) in [4.78, 5) is 22.7. The zero-order valence-corrected chi connectivity index (χ0v) is 12.2.